The van der Waals surface area contributed by atoms with Gasteiger partial charge in [0, 0.05) is 22.9 Å². The summed E-state index contributed by atoms with van der Waals surface area (Å²) in [6.45, 7) is 16.5. The summed E-state index contributed by atoms with van der Waals surface area (Å²) in [4.78, 5) is 15.3. The highest BCUT2D eigenvalue weighted by Crippen LogP contribution is 2.36. The second kappa shape index (κ2) is 11.2. The Hall–Kier alpha value is -2.80. The molecule has 7 heteroatoms. The summed E-state index contributed by atoms with van der Waals surface area (Å²) in [5, 5.41) is 17.2. The predicted octanol–water partition coefficient (Wildman–Crippen LogP) is 6.24. The number of aromatic nitrogens is 3. The normalized spacial score (nSPS) is 12.7. The zero-order valence-corrected chi connectivity index (χ0v) is 21.2. The molecule has 32 heavy (non-hydrogen) atoms. The average molecular weight is 455 g/mol. The van der Waals surface area contributed by atoms with Crippen molar-refractivity contribution in [2.75, 3.05) is 0 Å². The van der Waals surface area contributed by atoms with Gasteiger partial charge < -0.3 is 5.11 Å². The largest absolute Gasteiger partial charge is 0.481 e. The lowest BCUT2D eigenvalue weighted by Gasteiger charge is -2.12. The monoisotopic (exact) mass is 454 g/mol. The van der Waals surface area contributed by atoms with E-state index in [0.29, 0.717) is 12.5 Å². The van der Waals surface area contributed by atoms with Crippen LogP contribution in [0.1, 0.15) is 85.7 Å². The van der Waals surface area contributed by atoms with Crippen LogP contribution in [0.2, 0.25) is 0 Å². The highest BCUT2D eigenvalue weighted by atomic mass is 32.1. The second-order valence-corrected chi connectivity index (χ2v) is 8.78. The summed E-state index contributed by atoms with van der Waals surface area (Å²) < 4.78 is 2.17. The van der Waals surface area contributed by atoms with Gasteiger partial charge in [-0.2, -0.15) is 0 Å². The first-order chi connectivity index (χ1) is 15.2. The molecule has 1 atom stereocenters. The van der Waals surface area contributed by atoms with Gasteiger partial charge in [0.05, 0.1) is 5.71 Å². The molecule has 0 aliphatic carbocycles. The van der Waals surface area contributed by atoms with Gasteiger partial charge in [-0.05, 0) is 44.2 Å². The third-order valence-electron chi connectivity index (χ3n) is 5.44. The minimum atomic E-state index is -0.833. The highest BCUT2D eigenvalue weighted by molar-refractivity contribution is 7.15. The maximum atomic E-state index is 9.00. The van der Waals surface area contributed by atoms with Crippen molar-refractivity contribution in [2.24, 2.45) is 4.99 Å². The molecule has 4 rings (SSSR count). The number of aliphatic imine (C=N–C) groups is 1. The van der Waals surface area contributed by atoms with E-state index in [4.69, 9.17) is 14.9 Å². The van der Waals surface area contributed by atoms with Gasteiger partial charge in [-0.15, -0.1) is 21.5 Å². The van der Waals surface area contributed by atoms with Crippen LogP contribution < -0.4 is 0 Å². The van der Waals surface area contributed by atoms with Crippen LogP contribution >= 0.6 is 11.3 Å². The molecule has 0 spiro atoms. The molecule has 6 nitrogen and oxygen atoms in total. The summed E-state index contributed by atoms with van der Waals surface area (Å²) in [7, 11) is 0. The van der Waals surface area contributed by atoms with Gasteiger partial charge in [0.25, 0.3) is 5.97 Å². The van der Waals surface area contributed by atoms with Crippen LogP contribution in [-0.2, 0) is 11.3 Å². The number of nitrogens with zero attached hydrogens (tertiary/aromatic N) is 4. The Labute approximate surface area is 195 Å². The number of hydrogen-bond donors (Lipinski definition) is 1. The van der Waals surface area contributed by atoms with E-state index in [1.807, 2.05) is 20.8 Å². The molecule has 3 heterocycles. The van der Waals surface area contributed by atoms with Crippen molar-refractivity contribution in [1.82, 2.24) is 14.8 Å². The molecule has 1 aliphatic rings. The van der Waals surface area contributed by atoms with Crippen LogP contribution in [0.3, 0.4) is 0 Å². The van der Waals surface area contributed by atoms with Gasteiger partial charge >= 0.3 is 0 Å². The van der Waals surface area contributed by atoms with Crippen LogP contribution in [-0.4, -0.2) is 31.6 Å². The van der Waals surface area contributed by atoms with E-state index in [-0.39, 0.29) is 0 Å². The Morgan fingerprint density at radius 1 is 1.16 bits per heavy atom. The van der Waals surface area contributed by atoms with Crippen molar-refractivity contribution < 1.29 is 9.90 Å². The van der Waals surface area contributed by atoms with E-state index in [0.717, 1.165) is 30.7 Å². The summed E-state index contributed by atoms with van der Waals surface area (Å²) in [6, 6.07) is 8.93. The fourth-order valence-electron chi connectivity index (χ4n) is 3.49. The first kappa shape index (κ1) is 25.5. The van der Waals surface area contributed by atoms with Crippen LogP contribution in [0.15, 0.2) is 29.3 Å². The van der Waals surface area contributed by atoms with Gasteiger partial charge in [0.2, 0.25) is 0 Å². The number of benzene rings is 1. The second-order valence-electron chi connectivity index (χ2n) is 7.58. The number of carboxylic acids is 1. The molecule has 0 radical (unpaired) electrons. The lowest BCUT2D eigenvalue weighted by molar-refractivity contribution is -0.134. The van der Waals surface area contributed by atoms with Crippen LogP contribution in [0.25, 0.3) is 5.00 Å². The standard InChI is InChI=1S/C21H24N4S.C2H4O2.C2H6/c1-6-12(2)16-7-9-17(10-8-16)20-19-13(3)14(4)26-21(19)25-15(5)23-24-18(25)11-22-20;1-2(3)4;1-2/h7-10,12H,6,11H2,1-5H3;1H3,(H,3,4);1-2H3. The van der Waals surface area contributed by atoms with Crippen LogP contribution in [0.5, 0.6) is 0 Å². The highest BCUT2D eigenvalue weighted by Gasteiger charge is 2.26. The average Bonchev–Trinajstić information content (AvgIpc) is 3.22. The van der Waals surface area contributed by atoms with Crippen molar-refractivity contribution in [1.29, 1.82) is 0 Å². The maximum Gasteiger partial charge on any atom is 0.300 e. The lowest BCUT2D eigenvalue weighted by atomic mass is 9.94. The van der Waals surface area contributed by atoms with Gasteiger partial charge in [-0.25, -0.2) is 0 Å². The summed E-state index contributed by atoms with van der Waals surface area (Å²) in [6.07, 6.45) is 1.15. The van der Waals surface area contributed by atoms with Crippen molar-refractivity contribution in [3.63, 3.8) is 0 Å². The smallest absolute Gasteiger partial charge is 0.300 e. The molecular weight excluding hydrogens is 420 g/mol. The molecule has 172 valence electrons. The number of carbonyl (C=O) groups is 1. The molecule has 1 aromatic carbocycles. The molecule has 2 aromatic heterocycles. The summed E-state index contributed by atoms with van der Waals surface area (Å²) >= 11 is 1.80. The minimum Gasteiger partial charge on any atom is -0.481 e. The number of aliphatic carboxylic acids is 1. The van der Waals surface area contributed by atoms with E-state index in [1.54, 1.807) is 11.3 Å². The van der Waals surface area contributed by atoms with Crippen molar-refractivity contribution in [3.05, 3.63) is 63.0 Å². The Bertz CT molecular complexity index is 1090. The Morgan fingerprint density at radius 3 is 2.31 bits per heavy atom. The Balaban J connectivity index is 0.000000547. The number of fused-ring (bicyclic) bond motifs is 3. The molecule has 1 N–H and O–H groups in total. The van der Waals surface area contributed by atoms with E-state index in [2.05, 4.69) is 66.7 Å². The number of hydrogen-bond acceptors (Lipinski definition) is 5. The van der Waals surface area contributed by atoms with Crippen LogP contribution in [0, 0.1) is 20.8 Å². The van der Waals surface area contributed by atoms with Crippen molar-refractivity contribution in [2.45, 2.75) is 74.3 Å². The van der Waals surface area contributed by atoms with Gasteiger partial charge in [-0.1, -0.05) is 52.0 Å². The van der Waals surface area contributed by atoms with E-state index in [1.165, 1.54) is 32.1 Å². The first-order valence-electron chi connectivity index (χ1n) is 11.1. The van der Waals surface area contributed by atoms with Gasteiger partial charge in [-0.3, -0.25) is 14.4 Å². The summed E-state index contributed by atoms with van der Waals surface area (Å²) in [5.74, 6) is 1.58. The quantitative estimate of drug-likeness (QED) is 0.508. The first-order valence-corrected chi connectivity index (χ1v) is 11.9. The molecule has 0 saturated carbocycles. The molecular formula is C25H34N4O2S. The molecule has 0 bridgehead atoms. The third-order valence-corrected chi connectivity index (χ3v) is 6.64. The third kappa shape index (κ3) is 5.33. The van der Waals surface area contributed by atoms with Crippen LogP contribution in [0.4, 0.5) is 0 Å². The molecule has 0 saturated heterocycles. The Kier molecular flexibility index (Phi) is 8.89. The fraction of sp³-hybridized carbons (Fsp3) is 0.440. The summed E-state index contributed by atoms with van der Waals surface area (Å²) in [5.41, 5.74) is 6.16. The molecule has 3 aromatic rings. The number of rotatable bonds is 3. The van der Waals surface area contributed by atoms with Gasteiger partial charge in [0.15, 0.2) is 5.82 Å². The number of thiophene rings is 1. The van der Waals surface area contributed by atoms with Crippen molar-refractivity contribution >= 4 is 23.0 Å². The maximum absolute atomic E-state index is 9.00. The SMILES string of the molecule is CC.CC(=O)O.CCC(C)c1ccc(C2=NCc3nnc(C)n3-c3sc(C)c(C)c32)cc1. The molecule has 0 fully saturated rings. The predicted molar refractivity (Wildman–Crippen MR) is 133 cm³/mol. The van der Waals surface area contributed by atoms with Crippen molar-refractivity contribution in [3.8, 4) is 5.00 Å². The van der Waals surface area contributed by atoms with E-state index >= 15 is 0 Å². The topological polar surface area (TPSA) is 80.4 Å². The fourth-order valence-corrected chi connectivity index (χ4v) is 4.71. The van der Waals surface area contributed by atoms with E-state index in [9.17, 15) is 0 Å². The number of carboxylic acid groups (broad SMARTS) is 1. The zero-order valence-electron chi connectivity index (χ0n) is 20.4. The molecule has 1 unspecified atom stereocenters. The van der Waals surface area contributed by atoms with E-state index < -0.39 is 5.97 Å². The molecule has 1 aliphatic heterocycles. The number of aryl methyl sites for hydroxylation is 2. The minimum absolute atomic E-state index is 0.559. The molecule has 0 amide bonds. The van der Waals surface area contributed by atoms with Gasteiger partial charge in [0.1, 0.15) is 17.4 Å². The zero-order chi connectivity index (χ0) is 24.0. The Morgan fingerprint density at radius 2 is 1.75 bits per heavy atom. The lowest BCUT2D eigenvalue weighted by Crippen LogP contribution is -2.07.